The maximum absolute atomic E-state index is 13.0. The number of carbonyl (C=O) groups is 1. The third kappa shape index (κ3) is 4.10. The van der Waals surface area contributed by atoms with Crippen LogP contribution in [0.1, 0.15) is 55.5 Å². The van der Waals surface area contributed by atoms with Gasteiger partial charge in [-0.25, -0.2) is 9.97 Å². The molecule has 1 aliphatic rings. The smallest absolute Gasteiger partial charge is 0.257 e. The van der Waals surface area contributed by atoms with Crippen LogP contribution >= 0.6 is 0 Å². The quantitative estimate of drug-likeness (QED) is 0.845. The van der Waals surface area contributed by atoms with Crippen LogP contribution < -0.4 is 0 Å². The zero-order chi connectivity index (χ0) is 18.7. The van der Waals surface area contributed by atoms with Gasteiger partial charge in [-0.1, -0.05) is 58.0 Å². The third-order valence-electron chi connectivity index (χ3n) is 4.79. The van der Waals surface area contributed by atoms with Gasteiger partial charge in [-0.15, -0.1) is 0 Å². The van der Waals surface area contributed by atoms with Gasteiger partial charge in [-0.05, 0) is 11.0 Å². The Morgan fingerprint density at radius 3 is 2.38 bits per heavy atom. The van der Waals surface area contributed by atoms with Crippen molar-refractivity contribution < 1.29 is 9.53 Å². The lowest BCUT2D eigenvalue weighted by Gasteiger charge is -2.43. The number of rotatable bonds is 3. The van der Waals surface area contributed by atoms with E-state index in [2.05, 4.69) is 42.9 Å². The third-order valence-corrected chi connectivity index (χ3v) is 4.79. The molecule has 5 heteroatoms. The van der Waals surface area contributed by atoms with E-state index in [0.29, 0.717) is 18.7 Å². The second kappa shape index (κ2) is 7.54. The monoisotopic (exact) mass is 353 g/mol. The van der Waals surface area contributed by atoms with Gasteiger partial charge in [0.2, 0.25) is 0 Å². The first-order chi connectivity index (χ1) is 12.4. The molecular formula is C21H27N3O2. The van der Waals surface area contributed by atoms with Crippen molar-refractivity contribution in [3.05, 3.63) is 59.7 Å². The molecule has 0 aliphatic carbocycles. The summed E-state index contributed by atoms with van der Waals surface area (Å²) in [4.78, 5) is 23.5. The Hall–Kier alpha value is -2.27. The Labute approximate surface area is 155 Å². The van der Waals surface area contributed by atoms with Crippen molar-refractivity contribution in [3.8, 4) is 0 Å². The molecule has 0 radical (unpaired) electrons. The molecule has 1 fully saturated rings. The number of morpholine rings is 1. The number of hydrogen-bond acceptors (Lipinski definition) is 4. The number of aryl methyl sites for hydroxylation is 1. The first kappa shape index (κ1) is 18.5. The molecule has 3 rings (SSSR count). The van der Waals surface area contributed by atoms with E-state index in [1.807, 2.05) is 30.0 Å². The van der Waals surface area contributed by atoms with Crippen LogP contribution in [0.15, 0.2) is 42.7 Å². The second-order valence-corrected chi connectivity index (χ2v) is 7.84. The molecule has 2 heterocycles. The molecule has 2 aromatic rings. The molecule has 5 nitrogen and oxygen atoms in total. The van der Waals surface area contributed by atoms with Crippen molar-refractivity contribution in [1.29, 1.82) is 0 Å². The second-order valence-electron chi connectivity index (χ2n) is 7.84. The van der Waals surface area contributed by atoms with Crippen molar-refractivity contribution in [2.75, 3.05) is 13.1 Å². The van der Waals surface area contributed by atoms with Crippen LogP contribution in [0.5, 0.6) is 0 Å². The highest BCUT2D eigenvalue weighted by atomic mass is 16.5. The Morgan fingerprint density at radius 1 is 1.15 bits per heavy atom. The molecule has 1 aromatic carbocycles. The highest BCUT2D eigenvalue weighted by molar-refractivity contribution is 5.93. The van der Waals surface area contributed by atoms with Gasteiger partial charge in [0, 0.05) is 25.4 Å². The Kier molecular flexibility index (Phi) is 5.37. The summed E-state index contributed by atoms with van der Waals surface area (Å²) in [6, 6.07) is 10.1. The number of benzene rings is 1. The SMILES string of the molecule is CCc1ncc(C(=O)N2C[C@@H](c3ccccc3)O[C@@H](C(C)(C)C)C2)cn1. The minimum Gasteiger partial charge on any atom is -0.366 e. The van der Waals surface area contributed by atoms with Gasteiger partial charge in [0.1, 0.15) is 11.9 Å². The molecule has 1 aromatic heterocycles. The maximum atomic E-state index is 13.0. The molecule has 138 valence electrons. The van der Waals surface area contributed by atoms with Gasteiger partial charge in [0.05, 0.1) is 18.2 Å². The molecule has 2 atom stereocenters. The van der Waals surface area contributed by atoms with E-state index in [1.165, 1.54) is 0 Å². The van der Waals surface area contributed by atoms with E-state index in [1.54, 1.807) is 12.4 Å². The lowest BCUT2D eigenvalue weighted by Crippen LogP contribution is -2.51. The molecule has 0 N–H and O–H groups in total. The zero-order valence-electron chi connectivity index (χ0n) is 16.0. The van der Waals surface area contributed by atoms with E-state index in [-0.39, 0.29) is 23.5 Å². The fraction of sp³-hybridized carbons (Fsp3) is 0.476. The number of carbonyl (C=O) groups excluding carboxylic acids is 1. The van der Waals surface area contributed by atoms with Gasteiger partial charge in [-0.2, -0.15) is 0 Å². The van der Waals surface area contributed by atoms with Gasteiger partial charge in [0.25, 0.3) is 5.91 Å². The number of nitrogens with zero attached hydrogens (tertiary/aromatic N) is 3. The minimum absolute atomic E-state index is 0.0360. The summed E-state index contributed by atoms with van der Waals surface area (Å²) in [5.41, 5.74) is 1.56. The number of aromatic nitrogens is 2. The maximum Gasteiger partial charge on any atom is 0.257 e. The van der Waals surface area contributed by atoms with Crippen molar-refractivity contribution in [1.82, 2.24) is 14.9 Å². The number of ether oxygens (including phenoxy) is 1. The van der Waals surface area contributed by atoms with Crippen LogP contribution in [0.2, 0.25) is 0 Å². The summed E-state index contributed by atoms with van der Waals surface area (Å²) in [5, 5.41) is 0. The average molecular weight is 353 g/mol. The molecule has 0 bridgehead atoms. The molecule has 0 spiro atoms. The minimum atomic E-state index is -0.131. The molecule has 0 saturated carbocycles. The standard InChI is InChI=1S/C21H27N3O2/c1-5-19-22-11-16(12-23-19)20(25)24-13-17(15-9-7-6-8-10-15)26-18(14-24)21(2,3)4/h6-12,17-18H,5,13-14H2,1-4H3/t17-,18+/m0/s1. The van der Waals surface area contributed by atoms with Crippen LogP contribution in [-0.4, -0.2) is 40.0 Å². The summed E-state index contributed by atoms with van der Waals surface area (Å²) in [7, 11) is 0. The lowest BCUT2D eigenvalue weighted by molar-refractivity contribution is -0.119. The summed E-state index contributed by atoms with van der Waals surface area (Å²) in [6.45, 7) is 9.54. The first-order valence-electron chi connectivity index (χ1n) is 9.19. The predicted octanol–water partition coefficient (Wildman–Crippen LogP) is 3.67. The van der Waals surface area contributed by atoms with Gasteiger partial charge in [0.15, 0.2) is 0 Å². The van der Waals surface area contributed by atoms with Gasteiger partial charge in [-0.3, -0.25) is 4.79 Å². The van der Waals surface area contributed by atoms with E-state index < -0.39 is 0 Å². The summed E-state index contributed by atoms with van der Waals surface area (Å²) >= 11 is 0. The van der Waals surface area contributed by atoms with Crippen LogP contribution in [0.25, 0.3) is 0 Å². The van der Waals surface area contributed by atoms with E-state index in [0.717, 1.165) is 17.8 Å². The van der Waals surface area contributed by atoms with E-state index >= 15 is 0 Å². The van der Waals surface area contributed by atoms with Gasteiger partial charge < -0.3 is 9.64 Å². The molecule has 1 aliphatic heterocycles. The Morgan fingerprint density at radius 2 is 1.81 bits per heavy atom. The lowest BCUT2D eigenvalue weighted by atomic mass is 9.87. The van der Waals surface area contributed by atoms with Gasteiger partial charge >= 0.3 is 0 Å². The highest BCUT2D eigenvalue weighted by Gasteiger charge is 2.37. The Bertz CT molecular complexity index is 738. The van der Waals surface area contributed by atoms with Crippen molar-refractivity contribution in [2.24, 2.45) is 5.41 Å². The van der Waals surface area contributed by atoms with E-state index in [4.69, 9.17) is 4.74 Å². The summed E-state index contributed by atoms with van der Waals surface area (Å²) in [6.07, 6.45) is 3.85. The van der Waals surface area contributed by atoms with Crippen molar-refractivity contribution >= 4 is 5.91 Å². The number of hydrogen-bond donors (Lipinski definition) is 0. The van der Waals surface area contributed by atoms with Crippen molar-refractivity contribution in [3.63, 3.8) is 0 Å². The molecule has 1 amide bonds. The normalized spacial score (nSPS) is 20.8. The number of amides is 1. The molecule has 1 saturated heterocycles. The highest BCUT2D eigenvalue weighted by Crippen LogP contribution is 2.33. The molecular weight excluding hydrogens is 326 g/mol. The zero-order valence-corrected chi connectivity index (χ0v) is 16.0. The fourth-order valence-corrected chi connectivity index (χ4v) is 3.09. The summed E-state index contributed by atoms with van der Waals surface area (Å²) < 4.78 is 6.36. The van der Waals surface area contributed by atoms with E-state index in [9.17, 15) is 4.79 Å². The first-order valence-corrected chi connectivity index (χ1v) is 9.19. The largest absolute Gasteiger partial charge is 0.366 e. The molecule has 26 heavy (non-hydrogen) atoms. The van der Waals surface area contributed by atoms with Crippen LogP contribution in [0, 0.1) is 5.41 Å². The van der Waals surface area contributed by atoms with Crippen molar-refractivity contribution in [2.45, 2.75) is 46.3 Å². The summed E-state index contributed by atoms with van der Waals surface area (Å²) in [5.74, 6) is 0.712. The predicted molar refractivity (Wildman–Crippen MR) is 101 cm³/mol. The fourth-order valence-electron chi connectivity index (χ4n) is 3.09. The topological polar surface area (TPSA) is 55.3 Å². The average Bonchev–Trinajstić information content (AvgIpc) is 2.67. The van der Waals surface area contributed by atoms with Crippen LogP contribution in [0.4, 0.5) is 0 Å². The molecule has 0 unspecified atom stereocenters. The van der Waals surface area contributed by atoms with Crippen LogP contribution in [0.3, 0.4) is 0 Å². The van der Waals surface area contributed by atoms with Crippen LogP contribution in [-0.2, 0) is 11.2 Å². The Balaban J connectivity index is 1.85.